The summed E-state index contributed by atoms with van der Waals surface area (Å²) >= 11 is 0. The average Bonchev–Trinajstić information content (AvgIpc) is 3.17. The van der Waals surface area contributed by atoms with E-state index in [1.807, 2.05) is 24.3 Å². The number of anilines is 1. The van der Waals surface area contributed by atoms with Gasteiger partial charge in [0.25, 0.3) is 0 Å². The van der Waals surface area contributed by atoms with Gasteiger partial charge in [-0.25, -0.2) is 9.97 Å². The Kier molecular flexibility index (Phi) is 4.15. The molecule has 1 saturated heterocycles. The van der Waals surface area contributed by atoms with Crippen molar-refractivity contribution in [2.45, 2.75) is 37.2 Å². The molecule has 0 spiro atoms. The lowest BCUT2D eigenvalue weighted by Gasteiger charge is -2.38. The number of aliphatic hydroxyl groups is 1. The lowest BCUT2D eigenvalue weighted by Crippen LogP contribution is -2.46. The predicted molar refractivity (Wildman–Crippen MR) is 118 cm³/mol. The second-order valence-electron chi connectivity index (χ2n) is 8.85. The second kappa shape index (κ2) is 6.85. The van der Waals surface area contributed by atoms with Crippen molar-refractivity contribution in [3.8, 4) is 5.75 Å². The Bertz CT molecular complexity index is 1360. The van der Waals surface area contributed by atoms with Crippen LogP contribution in [0, 0.1) is 6.92 Å². The molecule has 9 nitrogen and oxygen atoms in total. The topological polar surface area (TPSA) is 121 Å². The molecule has 1 saturated carbocycles. The molecule has 164 valence electrons. The number of para-hydroxylation sites is 1. The molecule has 1 aliphatic heterocycles. The molecule has 0 bridgehead atoms. The first-order valence-corrected chi connectivity index (χ1v) is 10.7. The van der Waals surface area contributed by atoms with Crippen LogP contribution in [0.15, 0.2) is 30.5 Å². The Morgan fingerprint density at radius 2 is 2.03 bits per heavy atom. The molecular formula is C23H24N6O3. The third-order valence-electron chi connectivity index (χ3n) is 6.75. The van der Waals surface area contributed by atoms with Crippen LogP contribution in [0.4, 0.5) is 5.95 Å². The molecule has 3 N–H and O–H groups in total. The first kappa shape index (κ1) is 19.4. The zero-order valence-electron chi connectivity index (χ0n) is 17.9. The highest BCUT2D eigenvalue weighted by molar-refractivity contribution is 5.95. The highest BCUT2D eigenvalue weighted by Gasteiger charge is 2.40. The predicted octanol–water partition coefficient (Wildman–Crippen LogP) is 2.45. The molecule has 0 atom stereocenters. The van der Waals surface area contributed by atoms with Crippen molar-refractivity contribution in [2.75, 3.05) is 26.1 Å². The van der Waals surface area contributed by atoms with Crippen molar-refractivity contribution in [3.05, 3.63) is 53.1 Å². The summed E-state index contributed by atoms with van der Waals surface area (Å²) in [5, 5.41) is 16.0. The van der Waals surface area contributed by atoms with E-state index in [1.165, 1.54) is 0 Å². The Labute approximate surface area is 184 Å². The molecule has 0 radical (unpaired) electrons. The zero-order valence-corrected chi connectivity index (χ0v) is 17.9. The van der Waals surface area contributed by atoms with Crippen LogP contribution in [0.5, 0.6) is 5.75 Å². The van der Waals surface area contributed by atoms with Crippen molar-refractivity contribution >= 4 is 22.5 Å². The van der Waals surface area contributed by atoms with Crippen LogP contribution in [-0.4, -0.2) is 50.0 Å². The van der Waals surface area contributed by atoms with Gasteiger partial charge in [0.05, 0.1) is 20.3 Å². The maximum absolute atomic E-state index is 10.5. The van der Waals surface area contributed by atoms with Crippen molar-refractivity contribution in [2.24, 2.45) is 0 Å². The summed E-state index contributed by atoms with van der Waals surface area (Å²) in [6.45, 7) is 2.71. The summed E-state index contributed by atoms with van der Waals surface area (Å²) < 4.78 is 12.2. The van der Waals surface area contributed by atoms with Crippen LogP contribution in [-0.2, 0) is 10.3 Å². The van der Waals surface area contributed by atoms with Gasteiger partial charge in [0, 0.05) is 34.7 Å². The van der Waals surface area contributed by atoms with E-state index < -0.39 is 5.60 Å². The normalized spacial score (nSPS) is 22.0. The van der Waals surface area contributed by atoms with Gasteiger partial charge in [-0.1, -0.05) is 6.07 Å². The van der Waals surface area contributed by atoms with Crippen molar-refractivity contribution in [3.63, 3.8) is 0 Å². The van der Waals surface area contributed by atoms with Gasteiger partial charge >= 0.3 is 0 Å². The number of nitrogens with two attached hydrogens (primary N) is 1. The van der Waals surface area contributed by atoms with Crippen molar-refractivity contribution < 1.29 is 14.6 Å². The maximum Gasteiger partial charge on any atom is 0.223 e. The number of fused-ring (bicyclic) bond motifs is 3. The fourth-order valence-electron chi connectivity index (χ4n) is 4.76. The number of nitrogen functional groups attached to an aromatic ring is 1. The van der Waals surface area contributed by atoms with Gasteiger partial charge in [0.1, 0.15) is 16.9 Å². The number of rotatable bonds is 4. The second-order valence-corrected chi connectivity index (χ2v) is 8.85. The first-order chi connectivity index (χ1) is 15.5. The van der Waals surface area contributed by atoms with E-state index in [4.69, 9.17) is 20.2 Å². The number of benzene rings is 1. The lowest BCUT2D eigenvalue weighted by molar-refractivity contribution is -0.184. The van der Waals surface area contributed by atoms with E-state index in [1.54, 1.807) is 17.8 Å². The Morgan fingerprint density at radius 1 is 1.22 bits per heavy atom. The first-order valence-electron chi connectivity index (χ1n) is 10.7. The van der Waals surface area contributed by atoms with Gasteiger partial charge in [-0.05, 0) is 43.5 Å². The van der Waals surface area contributed by atoms with E-state index in [9.17, 15) is 5.11 Å². The highest BCUT2D eigenvalue weighted by Crippen LogP contribution is 2.47. The van der Waals surface area contributed by atoms with Crippen LogP contribution >= 0.6 is 0 Å². The Balaban J connectivity index is 1.27. The van der Waals surface area contributed by atoms with Gasteiger partial charge in [0.15, 0.2) is 11.5 Å². The van der Waals surface area contributed by atoms with Crippen LogP contribution in [0.1, 0.15) is 47.3 Å². The fourth-order valence-corrected chi connectivity index (χ4v) is 4.76. The molecule has 4 heterocycles. The van der Waals surface area contributed by atoms with Crippen LogP contribution in [0.25, 0.3) is 16.6 Å². The van der Waals surface area contributed by atoms with E-state index in [-0.39, 0.29) is 11.9 Å². The quantitative estimate of drug-likeness (QED) is 0.504. The number of aryl methyl sites for hydroxylation is 1. The molecule has 0 unspecified atom stereocenters. The summed E-state index contributed by atoms with van der Waals surface area (Å²) in [5.41, 5.74) is 9.67. The third kappa shape index (κ3) is 2.78. The van der Waals surface area contributed by atoms with Crippen LogP contribution in [0.3, 0.4) is 0 Å². The van der Waals surface area contributed by atoms with Gasteiger partial charge in [-0.2, -0.15) is 4.52 Å². The van der Waals surface area contributed by atoms with Gasteiger partial charge in [-0.15, -0.1) is 5.10 Å². The summed E-state index contributed by atoms with van der Waals surface area (Å²) in [6.07, 6.45) is 3.63. The van der Waals surface area contributed by atoms with Crippen molar-refractivity contribution in [1.82, 2.24) is 24.6 Å². The summed E-state index contributed by atoms with van der Waals surface area (Å²) in [5.74, 6) is 2.32. The average molecular weight is 432 g/mol. The summed E-state index contributed by atoms with van der Waals surface area (Å²) in [7, 11) is 1.61. The molecule has 3 aromatic heterocycles. The van der Waals surface area contributed by atoms with Gasteiger partial charge in [-0.3, -0.25) is 4.98 Å². The van der Waals surface area contributed by atoms with Crippen LogP contribution in [0.2, 0.25) is 0 Å². The minimum absolute atomic E-state index is 0.241. The number of methoxy groups -OCH3 is 1. The minimum Gasteiger partial charge on any atom is -0.494 e. The molecule has 9 heteroatoms. The standard InChI is InChI=1S/C23H24N6O3/c1-12-6-15(23(30)10-32-11-23)9-25-18(12)13-7-14(8-13)20-27-21-16-4-3-5-17(31-2)19(16)26-22(24)29(21)28-20/h3-6,9,13-14,30H,7-8,10-11H2,1-2H3,(H2,24,26). The molecule has 0 amide bonds. The minimum atomic E-state index is -0.891. The number of nitrogens with zero attached hydrogens (tertiary/aromatic N) is 5. The number of ether oxygens (including phenoxy) is 2. The molecule has 32 heavy (non-hydrogen) atoms. The number of hydrogen-bond acceptors (Lipinski definition) is 8. The molecule has 6 rings (SSSR count). The van der Waals surface area contributed by atoms with Gasteiger partial charge in [0.2, 0.25) is 5.95 Å². The lowest BCUT2D eigenvalue weighted by atomic mass is 9.71. The summed E-state index contributed by atoms with van der Waals surface area (Å²) in [6, 6.07) is 7.76. The number of pyridine rings is 1. The van der Waals surface area contributed by atoms with E-state index in [2.05, 4.69) is 22.0 Å². The van der Waals surface area contributed by atoms with Crippen LogP contribution < -0.4 is 10.5 Å². The smallest absolute Gasteiger partial charge is 0.223 e. The van der Waals surface area contributed by atoms with Gasteiger partial charge < -0.3 is 20.3 Å². The Morgan fingerprint density at radius 3 is 2.72 bits per heavy atom. The zero-order chi connectivity index (χ0) is 22.0. The third-order valence-corrected chi connectivity index (χ3v) is 6.75. The van der Waals surface area contributed by atoms with E-state index >= 15 is 0 Å². The monoisotopic (exact) mass is 432 g/mol. The van der Waals surface area contributed by atoms with Crippen molar-refractivity contribution in [1.29, 1.82) is 0 Å². The fraction of sp³-hybridized carbons (Fsp3) is 0.391. The molecule has 2 aliphatic rings. The molecule has 1 aromatic carbocycles. The summed E-state index contributed by atoms with van der Waals surface area (Å²) in [4.78, 5) is 14.0. The van der Waals surface area contributed by atoms with E-state index in [0.29, 0.717) is 36.0 Å². The Hall–Kier alpha value is -3.30. The highest BCUT2D eigenvalue weighted by atomic mass is 16.5. The molecule has 1 aliphatic carbocycles. The number of hydrogen-bond donors (Lipinski definition) is 2. The molecular weight excluding hydrogens is 408 g/mol. The molecule has 4 aromatic rings. The molecule has 2 fully saturated rings. The largest absolute Gasteiger partial charge is 0.494 e. The SMILES string of the molecule is COc1cccc2c1nc(N)n1nc(C3CC(c4ncc(C5(O)COC5)cc4C)C3)nc21. The number of aromatic nitrogens is 5. The maximum atomic E-state index is 10.5. The van der Waals surface area contributed by atoms with E-state index in [0.717, 1.165) is 40.9 Å².